The van der Waals surface area contributed by atoms with Gasteiger partial charge in [0.1, 0.15) is 0 Å². The predicted octanol–water partition coefficient (Wildman–Crippen LogP) is 1.40. The molecule has 0 bridgehead atoms. The molecule has 4 nitrogen and oxygen atoms in total. The fourth-order valence-corrected chi connectivity index (χ4v) is 3.91. The lowest BCUT2D eigenvalue weighted by atomic mass is 9.84. The number of sulfonamides is 1. The Balaban J connectivity index is 2.44. The van der Waals surface area contributed by atoms with Crippen molar-refractivity contribution < 1.29 is 13.5 Å². The average Bonchev–Trinajstić information content (AvgIpc) is 2.17. The molecule has 0 unspecified atom stereocenters. The summed E-state index contributed by atoms with van der Waals surface area (Å²) in [6.07, 6.45) is 6.38. The normalized spacial score (nSPS) is 20.9. The molecule has 0 saturated heterocycles. The third-order valence-electron chi connectivity index (χ3n) is 3.18. The van der Waals surface area contributed by atoms with Gasteiger partial charge in [0.15, 0.2) is 0 Å². The van der Waals surface area contributed by atoms with Crippen molar-refractivity contribution in [3.63, 3.8) is 0 Å². The molecule has 0 aliphatic heterocycles. The Labute approximate surface area is 98.5 Å². The number of rotatable bonds is 6. The van der Waals surface area contributed by atoms with Gasteiger partial charge < -0.3 is 5.11 Å². The number of aliphatic hydroxyl groups is 1. The Bertz CT molecular complexity index is 294. The summed E-state index contributed by atoms with van der Waals surface area (Å²) in [6, 6.07) is 0. The van der Waals surface area contributed by atoms with Crippen molar-refractivity contribution in [1.82, 2.24) is 4.72 Å². The van der Waals surface area contributed by atoms with E-state index in [0.717, 1.165) is 25.7 Å². The lowest BCUT2D eigenvalue weighted by Crippen LogP contribution is -2.47. The second-order valence-electron chi connectivity index (χ2n) is 4.97. The number of aliphatic hydroxyl groups excluding tert-OH is 1. The summed E-state index contributed by atoms with van der Waals surface area (Å²) in [4.78, 5) is 0. The van der Waals surface area contributed by atoms with E-state index in [2.05, 4.69) is 4.72 Å². The van der Waals surface area contributed by atoms with Gasteiger partial charge in [-0.3, -0.25) is 0 Å². The standard InChI is InChI=1S/C11H23NO3S/c1-11(7-3-2-4-8-11)12-16(14,15)10-6-5-9-13/h12-13H,2-10H2,1H3. The van der Waals surface area contributed by atoms with Crippen LogP contribution in [0, 0.1) is 0 Å². The Hall–Kier alpha value is -0.130. The molecule has 1 aliphatic carbocycles. The van der Waals surface area contributed by atoms with Crippen LogP contribution < -0.4 is 4.72 Å². The van der Waals surface area contributed by atoms with Crippen LogP contribution in [0.2, 0.25) is 0 Å². The van der Waals surface area contributed by atoms with E-state index in [1.807, 2.05) is 6.92 Å². The SMILES string of the molecule is CC1(NS(=O)(=O)CCCCO)CCCCC1. The van der Waals surface area contributed by atoms with Crippen LogP contribution in [0.3, 0.4) is 0 Å². The van der Waals surface area contributed by atoms with Gasteiger partial charge in [-0.2, -0.15) is 0 Å². The second kappa shape index (κ2) is 5.98. The summed E-state index contributed by atoms with van der Waals surface area (Å²) < 4.78 is 26.4. The zero-order chi connectivity index (χ0) is 12.1. The second-order valence-corrected chi connectivity index (χ2v) is 6.81. The Morgan fingerprint density at radius 2 is 1.81 bits per heavy atom. The zero-order valence-electron chi connectivity index (χ0n) is 10.0. The smallest absolute Gasteiger partial charge is 0.212 e. The zero-order valence-corrected chi connectivity index (χ0v) is 10.9. The summed E-state index contributed by atoms with van der Waals surface area (Å²) in [6.45, 7) is 2.06. The lowest BCUT2D eigenvalue weighted by molar-refractivity contribution is 0.285. The Morgan fingerprint density at radius 1 is 1.19 bits per heavy atom. The quantitative estimate of drug-likeness (QED) is 0.699. The minimum atomic E-state index is -3.17. The molecule has 1 fully saturated rings. The molecule has 1 rings (SSSR count). The minimum absolute atomic E-state index is 0.0623. The van der Waals surface area contributed by atoms with E-state index < -0.39 is 10.0 Å². The summed E-state index contributed by atoms with van der Waals surface area (Å²) in [5.41, 5.74) is -0.240. The van der Waals surface area contributed by atoms with E-state index in [-0.39, 0.29) is 17.9 Å². The summed E-state index contributed by atoms with van der Waals surface area (Å²) in [5, 5.41) is 8.62. The highest BCUT2D eigenvalue weighted by molar-refractivity contribution is 7.89. The van der Waals surface area contributed by atoms with Crippen LogP contribution in [0.4, 0.5) is 0 Å². The molecule has 2 N–H and O–H groups in total. The first kappa shape index (κ1) is 13.9. The van der Waals surface area contributed by atoms with Gasteiger partial charge in [0.2, 0.25) is 10.0 Å². The highest BCUT2D eigenvalue weighted by Gasteiger charge is 2.30. The molecule has 96 valence electrons. The molecule has 0 spiro atoms. The van der Waals surface area contributed by atoms with Gasteiger partial charge in [-0.25, -0.2) is 13.1 Å². The van der Waals surface area contributed by atoms with Crippen molar-refractivity contribution >= 4 is 10.0 Å². The molecule has 16 heavy (non-hydrogen) atoms. The molecule has 0 amide bonds. The van der Waals surface area contributed by atoms with Gasteiger partial charge in [0.05, 0.1) is 5.75 Å². The molecule has 0 aromatic carbocycles. The van der Waals surface area contributed by atoms with Gasteiger partial charge in [0.25, 0.3) is 0 Å². The maximum atomic E-state index is 11.8. The number of nitrogens with one attached hydrogen (secondary N) is 1. The van der Waals surface area contributed by atoms with Crippen molar-refractivity contribution in [3.8, 4) is 0 Å². The topological polar surface area (TPSA) is 66.4 Å². The van der Waals surface area contributed by atoms with E-state index >= 15 is 0 Å². The first-order chi connectivity index (χ1) is 7.47. The fraction of sp³-hybridized carbons (Fsp3) is 1.00. The molecule has 1 aliphatic rings. The van der Waals surface area contributed by atoms with Crippen LogP contribution in [0.1, 0.15) is 51.9 Å². The largest absolute Gasteiger partial charge is 0.396 e. The molecule has 0 aromatic rings. The van der Waals surface area contributed by atoms with Crippen LogP contribution in [0.15, 0.2) is 0 Å². The van der Waals surface area contributed by atoms with Crippen LogP contribution >= 0.6 is 0 Å². The fourth-order valence-electron chi connectivity index (χ4n) is 2.26. The summed E-state index contributed by atoms with van der Waals surface area (Å²) in [7, 11) is -3.17. The average molecular weight is 249 g/mol. The van der Waals surface area contributed by atoms with Gasteiger partial charge in [-0.1, -0.05) is 19.3 Å². The van der Waals surface area contributed by atoms with Crippen LogP contribution in [0.25, 0.3) is 0 Å². The van der Waals surface area contributed by atoms with E-state index in [0.29, 0.717) is 12.8 Å². The lowest BCUT2D eigenvalue weighted by Gasteiger charge is -2.34. The Kier molecular flexibility index (Phi) is 5.21. The predicted molar refractivity (Wildman–Crippen MR) is 64.7 cm³/mol. The van der Waals surface area contributed by atoms with Gasteiger partial charge in [0, 0.05) is 12.1 Å². The van der Waals surface area contributed by atoms with E-state index in [1.165, 1.54) is 6.42 Å². The molecule has 0 radical (unpaired) electrons. The maximum absolute atomic E-state index is 11.8. The molecular weight excluding hydrogens is 226 g/mol. The minimum Gasteiger partial charge on any atom is -0.396 e. The Morgan fingerprint density at radius 3 is 2.38 bits per heavy atom. The molecular formula is C11H23NO3S. The van der Waals surface area contributed by atoms with Crippen molar-refractivity contribution in [1.29, 1.82) is 0 Å². The van der Waals surface area contributed by atoms with E-state index in [4.69, 9.17) is 5.11 Å². The molecule has 5 heteroatoms. The summed E-state index contributed by atoms with van der Waals surface area (Å²) >= 11 is 0. The van der Waals surface area contributed by atoms with Gasteiger partial charge in [-0.05, 0) is 32.6 Å². The molecule has 0 atom stereocenters. The third-order valence-corrected chi connectivity index (χ3v) is 4.81. The number of unbranched alkanes of at least 4 members (excludes halogenated alkanes) is 1. The van der Waals surface area contributed by atoms with Crippen molar-refractivity contribution in [2.75, 3.05) is 12.4 Å². The third kappa shape index (κ3) is 4.80. The van der Waals surface area contributed by atoms with Gasteiger partial charge >= 0.3 is 0 Å². The number of hydrogen-bond donors (Lipinski definition) is 2. The summed E-state index contributed by atoms with van der Waals surface area (Å²) in [5.74, 6) is 0.128. The van der Waals surface area contributed by atoms with Gasteiger partial charge in [-0.15, -0.1) is 0 Å². The first-order valence-electron chi connectivity index (χ1n) is 6.10. The van der Waals surface area contributed by atoms with E-state index in [1.54, 1.807) is 0 Å². The first-order valence-corrected chi connectivity index (χ1v) is 7.75. The van der Waals surface area contributed by atoms with E-state index in [9.17, 15) is 8.42 Å². The highest BCUT2D eigenvalue weighted by atomic mass is 32.2. The van der Waals surface area contributed by atoms with Crippen molar-refractivity contribution in [2.24, 2.45) is 0 Å². The maximum Gasteiger partial charge on any atom is 0.212 e. The van der Waals surface area contributed by atoms with Crippen LogP contribution in [-0.2, 0) is 10.0 Å². The molecule has 0 aromatic heterocycles. The molecule has 0 heterocycles. The van der Waals surface area contributed by atoms with Crippen molar-refractivity contribution in [2.45, 2.75) is 57.4 Å². The monoisotopic (exact) mass is 249 g/mol. The molecule has 1 saturated carbocycles. The van der Waals surface area contributed by atoms with Crippen LogP contribution in [0.5, 0.6) is 0 Å². The van der Waals surface area contributed by atoms with Crippen LogP contribution in [-0.4, -0.2) is 31.4 Å². The highest BCUT2D eigenvalue weighted by Crippen LogP contribution is 2.28. The number of hydrogen-bond acceptors (Lipinski definition) is 3. The van der Waals surface area contributed by atoms with Crippen molar-refractivity contribution in [3.05, 3.63) is 0 Å².